The molecule has 1 amide bonds. The number of anilines is 1. The molecule has 3 rings (SSSR count). The van der Waals surface area contributed by atoms with Gasteiger partial charge >= 0.3 is 10.2 Å². The minimum absolute atomic E-state index is 0.00248. The molecular weight excluding hydrogens is 464 g/mol. The van der Waals surface area contributed by atoms with Crippen molar-refractivity contribution in [3.8, 4) is 11.8 Å². The highest BCUT2D eigenvalue weighted by Crippen LogP contribution is 3.02. The van der Waals surface area contributed by atoms with Crippen molar-refractivity contribution < 1.29 is 24.2 Å². The second-order valence-electron chi connectivity index (χ2n) is 6.64. The molecule has 0 spiro atoms. The van der Waals surface area contributed by atoms with Gasteiger partial charge in [-0.2, -0.15) is 10.4 Å². The zero-order valence-corrected chi connectivity index (χ0v) is 16.6. The van der Waals surface area contributed by atoms with E-state index in [1.807, 2.05) is 0 Å². The Morgan fingerprint density at radius 1 is 1.21 bits per heavy atom. The van der Waals surface area contributed by atoms with E-state index in [-0.39, 0.29) is 42.0 Å². The molecule has 1 fully saturated rings. The van der Waals surface area contributed by atoms with Gasteiger partial charge in [-0.25, -0.2) is 4.68 Å². The average molecular weight is 476 g/mol. The van der Waals surface area contributed by atoms with Crippen molar-refractivity contribution in [2.24, 2.45) is 5.73 Å². The van der Waals surface area contributed by atoms with Crippen LogP contribution in [-0.2, 0) is 10.2 Å². The first-order valence-corrected chi connectivity index (χ1v) is 10.5. The highest BCUT2D eigenvalue weighted by atomic mass is 35.5. The number of nitrogens with zero attached hydrogens (tertiary/aromatic N) is 3. The van der Waals surface area contributed by atoms with Gasteiger partial charge in [-0.15, -0.1) is 0 Å². The number of carbonyl (C=O) groups excluding carboxylic acids is 1. The largest absolute Gasteiger partial charge is 0.383 e. The molecule has 14 heteroatoms. The number of primary amides is 1. The van der Waals surface area contributed by atoms with Gasteiger partial charge in [0, 0.05) is 5.56 Å². The molecule has 0 aliphatic heterocycles. The summed E-state index contributed by atoms with van der Waals surface area (Å²) < 4.78 is 66.2. The maximum absolute atomic E-state index is 13.1. The topological polar surface area (TPSA) is 111 Å². The van der Waals surface area contributed by atoms with Gasteiger partial charge in [0.1, 0.15) is 22.5 Å². The molecule has 1 aromatic carbocycles. The zero-order chi connectivity index (χ0) is 22.1. The normalized spacial score (nSPS) is 18.3. The summed E-state index contributed by atoms with van der Waals surface area (Å²) in [5, 5.41) is 11.6. The summed E-state index contributed by atoms with van der Waals surface area (Å²) in [6.45, 7) is 0. The number of amides is 1. The van der Waals surface area contributed by atoms with Crippen LogP contribution < -0.4 is 11.5 Å². The van der Waals surface area contributed by atoms with Gasteiger partial charge in [0.15, 0.2) is 5.69 Å². The summed E-state index contributed by atoms with van der Waals surface area (Å²) in [4.78, 5) is 9.70. The van der Waals surface area contributed by atoms with Crippen molar-refractivity contribution in [1.82, 2.24) is 9.78 Å². The fraction of sp³-hybridized carbons (Fsp3) is 0.267. The lowest BCUT2D eigenvalue weighted by molar-refractivity contribution is -0.126. The van der Waals surface area contributed by atoms with Gasteiger partial charge in [0.05, 0.1) is 15.5 Å². The first-order valence-electron chi connectivity index (χ1n) is 7.84. The summed E-state index contributed by atoms with van der Waals surface area (Å²) in [5.74, 6) is -1.05. The third kappa shape index (κ3) is 3.37. The number of nitriles is 1. The van der Waals surface area contributed by atoms with Crippen LogP contribution in [0.2, 0.25) is 10.0 Å². The van der Waals surface area contributed by atoms with Crippen molar-refractivity contribution in [3.63, 3.8) is 0 Å². The maximum Gasteiger partial charge on any atom is 0.310 e. The Morgan fingerprint density at radius 3 is 2.07 bits per heavy atom. The van der Waals surface area contributed by atoms with Crippen molar-refractivity contribution in [2.45, 2.75) is 29.6 Å². The Morgan fingerprint density at radius 2 is 1.72 bits per heavy atom. The van der Waals surface area contributed by atoms with Crippen LogP contribution in [0.25, 0.3) is 5.69 Å². The number of aromatic nitrogens is 2. The van der Waals surface area contributed by atoms with E-state index in [0.29, 0.717) is 6.42 Å². The lowest BCUT2D eigenvalue weighted by Crippen LogP contribution is -2.47. The Balaban J connectivity index is 2.27. The molecule has 1 heterocycles. The molecule has 0 unspecified atom stereocenters. The van der Waals surface area contributed by atoms with E-state index in [0.717, 1.165) is 4.68 Å². The lowest BCUT2D eigenvalue weighted by atomic mass is 9.63. The minimum Gasteiger partial charge on any atom is -0.383 e. The minimum atomic E-state index is -10.0. The highest BCUT2D eigenvalue weighted by Gasteiger charge is 2.65. The molecule has 1 aromatic heterocycles. The van der Waals surface area contributed by atoms with Crippen molar-refractivity contribution >= 4 is 45.2 Å². The molecular formula is C15H12Cl2F5N5OS. The van der Waals surface area contributed by atoms with Crippen LogP contribution in [0.3, 0.4) is 0 Å². The molecule has 0 saturated heterocycles. The number of carbonyl (C=O) groups is 1. The second-order valence-corrected chi connectivity index (χ2v) is 9.86. The van der Waals surface area contributed by atoms with Gasteiger partial charge in [-0.05, 0) is 25.0 Å². The summed E-state index contributed by atoms with van der Waals surface area (Å²) in [5.41, 5.74) is 9.47. The van der Waals surface area contributed by atoms with Crippen LogP contribution in [-0.4, -0.2) is 15.7 Å². The predicted molar refractivity (Wildman–Crippen MR) is 98.8 cm³/mol. The summed E-state index contributed by atoms with van der Waals surface area (Å²) >= 11 is 11.6. The van der Waals surface area contributed by atoms with Crippen LogP contribution in [0.4, 0.5) is 25.2 Å². The fourth-order valence-electron chi connectivity index (χ4n) is 3.27. The van der Waals surface area contributed by atoms with Crippen LogP contribution in [0, 0.1) is 11.3 Å². The van der Waals surface area contributed by atoms with Gasteiger partial charge in [0.25, 0.3) is 0 Å². The Kier molecular flexibility index (Phi) is 4.21. The Hall–Kier alpha value is -2.23. The van der Waals surface area contributed by atoms with E-state index in [1.165, 1.54) is 0 Å². The molecule has 158 valence electrons. The fourth-order valence-corrected chi connectivity index (χ4v) is 4.73. The van der Waals surface area contributed by atoms with Gasteiger partial charge in [0.2, 0.25) is 5.91 Å². The Labute approximate surface area is 170 Å². The van der Waals surface area contributed by atoms with E-state index >= 15 is 0 Å². The van der Waals surface area contributed by atoms with Crippen LogP contribution >= 0.6 is 33.4 Å². The molecule has 29 heavy (non-hydrogen) atoms. The number of hydrogen-bond donors (Lipinski definition) is 2. The SMILES string of the molecule is N#Cc1nn(-c2c(Cl)cc(S(F)(F)(F)(F)F)cc2Cl)c(N)c1C1(C(N)=O)CCC1. The smallest absolute Gasteiger partial charge is 0.310 e. The third-order valence-electron chi connectivity index (χ3n) is 4.83. The Bertz CT molecular complexity index is 1080. The van der Waals surface area contributed by atoms with Crippen LogP contribution in [0.15, 0.2) is 17.0 Å². The van der Waals surface area contributed by atoms with Gasteiger partial charge in [-0.3, -0.25) is 4.79 Å². The number of rotatable bonds is 4. The number of hydrogen-bond acceptors (Lipinski definition) is 4. The molecule has 1 aliphatic rings. The molecule has 0 atom stereocenters. The van der Waals surface area contributed by atoms with E-state index in [2.05, 4.69) is 5.10 Å². The molecule has 4 N–H and O–H groups in total. The van der Waals surface area contributed by atoms with Crippen LogP contribution in [0.5, 0.6) is 0 Å². The first kappa shape index (κ1) is 21.5. The second kappa shape index (κ2) is 5.68. The first-order chi connectivity index (χ1) is 13.0. The van der Waals surface area contributed by atoms with E-state index in [1.54, 1.807) is 6.07 Å². The number of benzene rings is 1. The summed E-state index contributed by atoms with van der Waals surface area (Å²) in [6, 6.07) is 1.75. The number of halogens is 7. The standard InChI is InChI=1S/C15H12Cl2F5N5OS/c16-8-4-7(29(18,19,20,21)22)5-9(17)12(8)27-13(24)11(10(6-23)26-27)15(14(25)28)2-1-3-15/h4-5H,1-3,24H2,(H2,25,28). The number of nitrogen functional groups attached to an aromatic ring is 1. The highest BCUT2D eigenvalue weighted by molar-refractivity contribution is 8.45. The summed E-state index contributed by atoms with van der Waals surface area (Å²) in [7, 11) is -10.0. The lowest BCUT2D eigenvalue weighted by Gasteiger charge is -2.40. The quantitative estimate of drug-likeness (QED) is 0.591. The van der Waals surface area contributed by atoms with Gasteiger partial charge < -0.3 is 11.5 Å². The van der Waals surface area contributed by atoms with Crippen molar-refractivity contribution in [1.29, 1.82) is 5.26 Å². The third-order valence-corrected chi connectivity index (χ3v) is 6.53. The zero-order valence-electron chi connectivity index (χ0n) is 14.2. The van der Waals surface area contributed by atoms with Crippen LogP contribution in [0.1, 0.15) is 30.5 Å². The average Bonchev–Trinajstić information content (AvgIpc) is 2.81. The summed E-state index contributed by atoms with van der Waals surface area (Å²) in [6.07, 6.45) is 1.20. The monoisotopic (exact) mass is 475 g/mol. The molecule has 2 aromatic rings. The van der Waals surface area contributed by atoms with Crippen molar-refractivity contribution in [3.05, 3.63) is 33.4 Å². The number of nitrogens with two attached hydrogens (primary N) is 2. The molecule has 1 aliphatic carbocycles. The van der Waals surface area contributed by atoms with Crippen molar-refractivity contribution in [2.75, 3.05) is 5.73 Å². The van der Waals surface area contributed by atoms with Gasteiger partial charge in [-0.1, -0.05) is 49.1 Å². The maximum atomic E-state index is 13.1. The molecule has 0 bridgehead atoms. The molecule has 0 radical (unpaired) electrons. The van der Waals surface area contributed by atoms with E-state index in [9.17, 15) is 29.5 Å². The van der Waals surface area contributed by atoms with E-state index < -0.39 is 42.2 Å². The van der Waals surface area contributed by atoms with E-state index in [4.69, 9.17) is 34.7 Å². The molecule has 1 saturated carbocycles. The molecule has 6 nitrogen and oxygen atoms in total. The predicted octanol–water partition coefficient (Wildman–Crippen LogP) is 5.20.